The van der Waals surface area contributed by atoms with Crippen LogP contribution >= 0.6 is 0 Å². The number of fused-ring (bicyclic) bond motifs is 4. The molecule has 4 saturated carbocycles. The second-order valence-corrected chi connectivity index (χ2v) is 23.8. The molecule has 376 valence electrons. The van der Waals surface area contributed by atoms with Gasteiger partial charge in [0.15, 0.2) is 0 Å². The van der Waals surface area contributed by atoms with Gasteiger partial charge in [-0.05, 0) is 181 Å². The van der Waals surface area contributed by atoms with Crippen LogP contribution in [0.25, 0.3) is 49.9 Å². The van der Waals surface area contributed by atoms with E-state index in [2.05, 4.69) is 250 Å². The normalized spacial score (nSPS) is 20.7. The fraction of sp³-hybridized carbons (Fsp3) is 0.254. The predicted octanol–water partition coefficient (Wildman–Crippen LogP) is 18.5. The van der Waals surface area contributed by atoms with E-state index >= 15 is 0 Å². The van der Waals surface area contributed by atoms with Gasteiger partial charge in [0.2, 0.25) is 0 Å². The van der Waals surface area contributed by atoms with Crippen LogP contribution in [0.4, 0.5) is 22.7 Å². The number of aryl methyl sites for hydroxylation is 2. The zero-order valence-corrected chi connectivity index (χ0v) is 44.7. The van der Waals surface area contributed by atoms with Gasteiger partial charge in [0.05, 0.1) is 28.1 Å². The van der Waals surface area contributed by atoms with E-state index in [1.165, 1.54) is 110 Å². The fourth-order valence-electron chi connectivity index (χ4n) is 14.9. The number of benzene rings is 8. The molecule has 76 heavy (non-hydrogen) atoms. The van der Waals surface area contributed by atoms with Crippen LogP contribution in [0.3, 0.4) is 0 Å². The Balaban J connectivity index is 0.873. The maximum atomic E-state index is 7.18. The van der Waals surface area contributed by atoms with Crippen molar-refractivity contribution in [3.05, 3.63) is 228 Å². The lowest BCUT2D eigenvalue weighted by Crippen LogP contribution is -2.56. The van der Waals surface area contributed by atoms with E-state index < -0.39 is 0 Å². The highest BCUT2D eigenvalue weighted by Gasteiger charge is 2.59. The molecular formula is C71H66N4O. The number of para-hydroxylation sites is 4. The van der Waals surface area contributed by atoms with Crippen molar-refractivity contribution in [2.75, 3.05) is 16.5 Å². The van der Waals surface area contributed by atoms with Crippen molar-refractivity contribution < 1.29 is 4.74 Å². The van der Waals surface area contributed by atoms with E-state index in [-0.39, 0.29) is 10.8 Å². The standard InChI is InChI=1S/C71H66N4O/c1-45-32-54(33-46(2)47(45)3)71(55-35-48-34-49(37-55)38-56(71)36-48)52-30-31-72-68(41-52)75-64-25-14-13-22-62(64)63-29-28-58(43-67(63)75)76-59-40-53(70(4,5)6)39-57(42-59)73-44-74(66-27-16-15-26-65(66)73)69-60(50-18-9-7-10-19-50)23-17-24-61(69)51-20-11-8-12-21-51/h7-33,39-43,48-49,55-56H,34-38,44H2,1-6H3. The van der Waals surface area contributed by atoms with Gasteiger partial charge in [-0.1, -0.05) is 142 Å². The summed E-state index contributed by atoms with van der Waals surface area (Å²) in [5.74, 6) is 5.54. The van der Waals surface area contributed by atoms with Gasteiger partial charge < -0.3 is 14.5 Å². The van der Waals surface area contributed by atoms with Crippen LogP contribution in [-0.4, -0.2) is 16.2 Å². The topological polar surface area (TPSA) is 33.5 Å². The van der Waals surface area contributed by atoms with Crippen molar-refractivity contribution in [3.8, 4) is 39.6 Å². The average Bonchev–Trinajstić information content (AvgIpc) is 4.09. The molecule has 0 N–H and O–H groups in total. The van der Waals surface area contributed by atoms with Crippen molar-refractivity contribution >= 4 is 44.6 Å². The molecule has 5 nitrogen and oxygen atoms in total. The molecule has 0 atom stereocenters. The first-order chi connectivity index (χ1) is 37.0. The minimum atomic E-state index is -0.148. The summed E-state index contributed by atoms with van der Waals surface area (Å²) in [6.07, 6.45) is 8.83. The van der Waals surface area contributed by atoms with Crippen molar-refractivity contribution in [2.45, 2.75) is 84.5 Å². The Bertz CT molecular complexity index is 3770. The highest BCUT2D eigenvalue weighted by molar-refractivity contribution is 6.09. The zero-order chi connectivity index (χ0) is 51.5. The molecular weight excluding hydrogens is 925 g/mol. The quantitative estimate of drug-likeness (QED) is 0.144. The van der Waals surface area contributed by atoms with Crippen LogP contribution in [0.5, 0.6) is 11.5 Å². The van der Waals surface area contributed by atoms with E-state index in [4.69, 9.17) is 9.72 Å². The van der Waals surface area contributed by atoms with Gasteiger partial charge in [-0.15, -0.1) is 0 Å². The molecule has 2 aromatic heterocycles. The van der Waals surface area contributed by atoms with Crippen molar-refractivity contribution in [1.82, 2.24) is 9.55 Å². The second-order valence-electron chi connectivity index (χ2n) is 23.8. The van der Waals surface area contributed by atoms with Crippen LogP contribution in [-0.2, 0) is 10.8 Å². The van der Waals surface area contributed by atoms with Gasteiger partial charge in [-0.25, -0.2) is 4.98 Å². The van der Waals surface area contributed by atoms with E-state index in [1.54, 1.807) is 0 Å². The molecule has 5 aliphatic rings. The Morgan fingerprint density at radius 3 is 1.78 bits per heavy atom. The number of hydrogen-bond donors (Lipinski definition) is 0. The van der Waals surface area contributed by atoms with Gasteiger partial charge in [-0.3, -0.25) is 4.57 Å². The van der Waals surface area contributed by atoms with Gasteiger partial charge in [0, 0.05) is 51.3 Å². The van der Waals surface area contributed by atoms with Gasteiger partial charge in [0.1, 0.15) is 24.0 Å². The fourth-order valence-corrected chi connectivity index (χ4v) is 14.9. The average molecular weight is 991 g/mol. The molecule has 4 aliphatic carbocycles. The summed E-state index contributed by atoms with van der Waals surface area (Å²) in [7, 11) is 0. The third-order valence-corrected chi connectivity index (χ3v) is 18.5. The predicted molar refractivity (Wildman–Crippen MR) is 315 cm³/mol. The van der Waals surface area contributed by atoms with Gasteiger partial charge >= 0.3 is 0 Å². The summed E-state index contributed by atoms with van der Waals surface area (Å²) in [4.78, 5) is 10.3. The minimum absolute atomic E-state index is 0.0422. The maximum Gasteiger partial charge on any atom is 0.137 e. The third-order valence-electron chi connectivity index (χ3n) is 18.5. The zero-order valence-electron chi connectivity index (χ0n) is 44.7. The summed E-state index contributed by atoms with van der Waals surface area (Å²) in [5.41, 5.74) is 19.8. The molecule has 4 fully saturated rings. The van der Waals surface area contributed by atoms with E-state index in [9.17, 15) is 0 Å². The molecule has 10 aromatic rings. The summed E-state index contributed by atoms with van der Waals surface area (Å²) < 4.78 is 9.58. The summed E-state index contributed by atoms with van der Waals surface area (Å²) in [6, 6.07) is 69.5. The number of anilines is 4. The largest absolute Gasteiger partial charge is 0.457 e. The molecule has 15 rings (SSSR count). The summed E-state index contributed by atoms with van der Waals surface area (Å²) in [6.45, 7) is 14.4. The lowest BCUT2D eigenvalue weighted by Gasteiger charge is -2.62. The highest BCUT2D eigenvalue weighted by atomic mass is 16.5. The van der Waals surface area contributed by atoms with E-state index in [1.807, 2.05) is 0 Å². The van der Waals surface area contributed by atoms with Crippen molar-refractivity contribution in [2.24, 2.45) is 23.7 Å². The Morgan fingerprint density at radius 2 is 1.12 bits per heavy atom. The van der Waals surface area contributed by atoms with Gasteiger partial charge in [-0.2, -0.15) is 0 Å². The number of aromatic nitrogens is 2. The number of nitrogens with zero attached hydrogens (tertiary/aromatic N) is 4. The van der Waals surface area contributed by atoms with E-state index in [0.29, 0.717) is 18.5 Å². The smallest absolute Gasteiger partial charge is 0.137 e. The molecule has 3 heterocycles. The first kappa shape index (κ1) is 46.6. The third kappa shape index (κ3) is 7.52. The molecule has 1 aliphatic heterocycles. The molecule has 0 saturated heterocycles. The van der Waals surface area contributed by atoms with E-state index in [0.717, 1.165) is 51.6 Å². The summed E-state index contributed by atoms with van der Waals surface area (Å²) in [5, 5.41) is 2.40. The van der Waals surface area contributed by atoms with Crippen LogP contribution in [0, 0.1) is 44.4 Å². The Hall–Kier alpha value is -7.89. The lowest BCUT2D eigenvalue weighted by atomic mass is 9.42. The molecule has 0 spiro atoms. The van der Waals surface area contributed by atoms with Crippen LogP contribution in [0.1, 0.15) is 86.3 Å². The van der Waals surface area contributed by atoms with Crippen molar-refractivity contribution in [3.63, 3.8) is 0 Å². The number of ether oxygens (including phenoxy) is 1. The molecule has 0 amide bonds. The Morgan fingerprint density at radius 1 is 0.513 bits per heavy atom. The second kappa shape index (κ2) is 17.9. The molecule has 4 bridgehead atoms. The first-order valence-corrected chi connectivity index (χ1v) is 27.8. The lowest BCUT2D eigenvalue weighted by molar-refractivity contribution is -0.0419. The van der Waals surface area contributed by atoms with Crippen LogP contribution in [0.15, 0.2) is 194 Å². The number of hydrogen-bond acceptors (Lipinski definition) is 4. The molecule has 5 heteroatoms. The first-order valence-electron chi connectivity index (χ1n) is 27.8. The molecule has 0 unspecified atom stereocenters. The van der Waals surface area contributed by atoms with Crippen LogP contribution in [0.2, 0.25) is 0 Å². The van der Waals surface area contributed by atoms with Crippen molar-refractivity contribution in [1.29, 1.82) is 0 Å². The summed E-state index contributed by atoms with van der Waals surface area (Å²) >= 11 is 0. The minimum Gasteiger partial charge on any atom is -0.457 e. The number of pyridine rings is 1. The van der Waals surface area contributed by atoms with Crippen LogP contribution < -0.4 is 14.5 Å². The number of rotatable bonds is 9. The van der Waals surface area contributed by atoms with Gasteiger partial charge in [0.25, 0.3) is 0 Å². The Labute approximate surface area is 448 Å². The highest BCUT2D eigenvalue weighted by Crippen LogP contribution is 2.65. The Kier molecular flexibility index (Phi) is 11.0. The maximum absolute atomic E-state index is 7.18. The SMILES string of the molecule is Cc1cc(C2(c3ccnc(-n4c5ccccc5c5ccc(Oc6cc(N7CN(c8c(-c9ccccc9)cccc8-c8ccccc8)c8ccccc87)cc(C(C)(C)C)c6)cc54)c3)C3CC4CC(C3)CC2C4)cc(C)c1C. The monoisotopic (exact) mass is 991 g/mol. The molecule has 0 radical (unpaired) electrons. The molecule has 8 aromatic carbocycles.